The van der Waals surface area contributed by atoms with Crippen molar-refractivity contribution in [1.82, 2.24) is 9.38 Å². The largest absolute Gasteiger partial charge is 0.326 e. The molecule has 0 unspecified atom stereocenters. The first kappa shape index (κ1) is 18.9. The Bertz CT molecular complexity index is 1170. The molecule has 0 aliphatic rings. The second-order valence-corrected chi connectivity index (χ2v) is 7.50. The number of carbonyl (C=O) groups is 1. The molecule has 4 aromatic rings. The normalized spacial score (nSPS) is 11.0. The van der Waals surface area contributed by atoms with Crippen molar-refractivity contribution in [2.24, 2.45) is 0 Å². The van der Waals surface area contributed by atoms with Gasteiger partial charge in [0, 0.05) is 23.9 Å². The molecule has 2 heterocycles. The Balaban J connectivity index is 1.60. The van der Waals surface area contributed by atoms with Crippen molar-refractivity contribution in [3.63, 3.8) is 0 Å². The molecule has 0 radical (unpaired) electrons. The molecule has 2 aromatic heterocycles. The van der Waals surface area contributed by atoms with Crippen LogP contribution < -0.4 is 5.32 Å². The Morgan fingerprint density at radius 2 is 1.76 bits per heavy atom. The number of carbonyl (C=O) groups excluding carboxylic acids is 1. The molecule has 146 valence electrons. The Hall–Kier alpha value is -3.40. The number of fused-ring (bicyclic) bond motifs is 1. The smallest absolute Gasteiger partial charge is 0.224 e. The fraction of sp³-hybridized carbons (Fsp3) is 0.200. The van der Waals surface area contributed by atoms with E-state index in [0.717, 1.165) is 33.8 Å². The van der Waals surface area contributed by atoms with Gasteiger partial charge in [-0.3, -0.25) is 4.79 Å². The third kappa shape index (κ3) is 3.92. The molecule has 2 aromatic carbocycles. The highest BCUT2D eigenvalue weighted by atomic mass is 16.1. The zero-order valence-corrected chi connectivity index (χ0v) is 17.1. The van der Waals surface area contributed by atoms with Gasteiger partial charge in [-0.05, 0) is 56.5 Å². The van der Waals surface area contributed by atoms with Gasteiger partial charge in [0.25, 0.3) is 0 Å². The van der Waals surface area contributed by atoms with Crippen LogP contribution in [0.15, 0.2) is 66.9 Å². The third-order valence-electron chi connectivity index (χ3n) is 5.42. The molecule has 4 rings (SSSR count). The number of pyridine rings is 1. The number of amides is 1. The van der Waals surface area contributed by atoms with E-state index in [1.54, 1.807) is 0 Å². The predicted molar refractivity (Wildman–Crippen MR) is 118 cm³/mol. The molecule has 1 N–H and O–H groups in total. The van der Waals surface area contributed by atoms with Gasteiger partial charge in [-0.25, -0.2) is 4.98 Å². The number of nitrogens with zero attached hydrogens (tertiary/aromatic N) is 2. The molecule has 0 aliphatic heterocycles. The topological polar surface area (TPSA) is 46.4 Å². The van der Waals surface area contributed by atoms with E-state index in [9.17, 15) is 4.79 Å². The van der Waals surface area contributed by atoms with Crippen molar-refractivity contribution >= 4 is 17.2 Å². The van der Waals surface area contributed by atoms with Gasteiger partial charge in [0.2, 0.25) is 5.91 Å². The molecule has 0 atom stereocenters. The number of anilines is 1. The summed E-state index contributed by atoms with van der Waals surface area (Å²) in [7, 11) is 0. The van der Waals surface area contributed by atoms with Gasteiger partial charge in [-0.2, -0.15) is 0 Å². The first-order chi connectivity index (χ1) is 14.0. The number of hydrogen-bond donors (Lipinski definition) is 1. The van der Waals surface area contributed by atoms with E-state index in [1.165, 1.54) is 11.1 Å². The Labute approximate surface area is 171 Å². The summed E-state index contributed by atoms with van der Waals surface area (Å²) < 4.78 is 2.08. The van der Waals surface area contributed by atoms with Gasteiger partial charge >= 0.3 is 0 Å². The summed E-state index contributed by atoms with van der Waals surface area (Å²) in [4.78, 5) is 17.5. The molecule has 0 fully saturated rings. The van der Waals surface area contributed by atoms with Crippen LogP contribution in [0.1, 0.15) is 28.8 Å². The molecule has 0 aliphatic carbocycles. The summed E-state index contributed by atoms with van der Waals surface area (Å²) in [6.07, 6.45) is 3.03. The number of aromatic nitrogens is 2. The number of imidazole rings is 1. The van der Waals surface area contributed by atoms with Crippen LogP contribution in [-0.4, -0.2) is 15.3 Å². The molecule has 0 bridgehead atoms. The number of rotatable bonds is 5. The maximum atomic E-state index is 12.7. The summed E-state index contributed by atoms with van der Waals surface area (Å²) in [6, 6.07) is 20.3. The van der Waals surface area contributed by atoms with Crippen LogP contribution in [-0.2, 0) is 11.2 Å². The SMILES string of the molecule is Cc1ccc(-c2nc3ccccn3c2CCC(=O)Nc2cccc(C)c2C)cc1. The lowest BCUT2D eigenvalue weighted by molar-refractivity contribution is -0.116. The summed E-state index contributed by atoms with van der Waals surface area (Å²) in [5.74, 6) is 0.0134. The highest BCUT2D eigenvalue weighted by Gasteiger charge is 2.15. The van der Waals surface area contributed by atoms with Crippen LogP contribution >= 0.6 is 0 Å². The zero-order valence-electron chi connectivity index (χ0n) is 17.1. The standard InChI is InChI=1S/C25H25N3O/c1-17-10-12-20(13-11-17)25-22(28-16-5-4-9-23(28)27-25)14-15-24(29)26-21-8-6-7-18(2)19(21)3/h4-13,16H,14-15H2,1-3H3,(H,26,29). The van der Waals surface area contributed by atoms with Crippen molar-refractivity contribution in [3.05, 3.63) is 89.2 Å². The lowest BCUT2D eigenvalue weighted by Crippen LogP contribution is -2.14. The van der Waals surface area contributed by atoms with Gasteiger partial charge in [-0.1, -0.05) is 48.0 Å². The van der Waals surface area contributed by atoms with Crippen molar-refractivity contribution in [3.8, 4) is 11.3 Å². The van der Waals surface area contributed by atoms with E-state index in [-0.39, 0.29) is 5.91 Å². The van der Waals surface area contributed by atoms with Gasteiger partial charge in [0.1, 0.15) is 5.65 Å². The average molecular weight is 383 g/mol. The molecule has 4 nitrogen and oxygen atoms in total. The molecular formula is C25H25N3O. The van der Waals surface area contributed by atoms with Gasteiger partial charge < -0.3 is 9.72 Å². The lowest BCUT2D eigenvalue weighted by atomic mass is 10.1. The van der Waals surface area contributed by atoms with Crippen LogP contribution in [0.3, 0.4) is 0 Å². The van der Waals surface area contributed by atoms with E-state index >= 15 is 0 Å². The Morgan fingerprint density at radius 1 is 0.966 bits per heavy atom. The van der Waals surface area contributed by atoms with Crippen LogP contribution in [0.5, 0.6) is 0 Å². The van der Waals surface area contributed by atoms with Gasteiger partial charge in [0.15, 0.2) is 0 Å². The number of nitrogens with one attached hydrogen (secondary N) is 1. The lowest BCUT2D eigenvalue weighted by Gasteiger charge is -2.11. The van der Waals surface area contributed by atoms with Crippen LogP contribution in [0.4, 0.5) is 5.69 Å². The molecule has 4 heteroatoms. The van der Waals surface area contributed by atoms with Crippen molar-refractivity contribution in [2.75, 3.05) is 5.32 Å². The third-order valence-corrected chi connectivity index (χ3v) is 5.42. The molecule has 0 saturated carbocycles. The predicted octanol–water partition coefficient (Wildman–Crippen LogP) is 5.50. The van der Waals surface area contributed by atoms with Crippen LogP contribution in [0.2, 0.25) is 0 Å². The van der Waals surface area contributed by atoms with E-state index in [0.29, 0.717) is 12.8 Å². The van der Waals surface area contributed by atoms with Crippen molar-refractivity contribution < 1.29 is 4.79 Å². The Kier molecular flexibility index (Phi) is 5.17. The van der Waals surface area contributed by atoms with Gasteiger partial charge in [0.05, 0.1) is 11.4 Å². The second-order valence-electron chi connectivity index (χ2n) is 7.50. The average Bonchev–Trinajstić information content (AvgIpc) is 3.09. The van der Waals surface area contributed by atoms with Crippen molar-refractivity contribution in [2.45, 2.75) is 33.6 Å². The van der Waals surface area contributed by atoms with Crippen molar-refractivity contribution in [1.29, 1.82) is 0 Å². The minimum absolute atomic E-state index is 0.0134. The van der Waals surface area contributed by atoms with E-state index in [4.69, 9.17) is 4.98 Å². The molecule has 1 amide bonds. The summed E-state index contributed by atoms with van der Waals surface area (Å²) in [5.41, 5.74) is 8.34. The first-order valence-corrected chi connectivity index (χ1v) is 9.92. The number of benzene rings is 2. The molecular weight excluding hydrogens is 358 g/mol. The molecule has 29 heavy (non-hydrogen) atoms. The number of hydrogen-bond acceptors (Lipinski definition) is 2. The number of aryl methyl sites for hydroxylation is 3. The zero-order chi connectivity index (χ0) is 20.4. The van der Waals surface area contributed by atoms with Crippen LogP contribution in [0, 0.1) is 20.8 Å². The van der Waals surface area contributed by atoms with E-state index < -0.39 is 0 Å². The minimum Gasteiger partial charge on any atom is -0.326 e. The summed E-state index contributed by atoms with van der Waals surface area (Å²) in [5, 5.41) is 3.06. The summed E-state index contributed by atoms with van der Waals surface area (Å²) >= 11 is 0. The maximum Gasteiger partial charge on any atom is 0.224 e. The fourth-order valence-corrected chi connectivity index (χ4v) is 3.56. The minimum atomic E-state index is 0.0134. The monoisotopic (exact) mass is 383 g/mol. The summed E-state index contributed by atoms with van der Waals surface area (Å²) in [6.45, 7) is 6.16. The molecule has 0 saturated heterocycles. The highest BCUT2D eigenvalue weighted by molar-refractivity contribution is 5.91. The molecule has 0 spiro atoms. The van der Waals surface area contributed by atoms with E-state index in [1.807, 2.05) is 43.5 Å². The highest BCUT2D eigenvalue weighted by Crippen LogP contribution is 2.26. The second kappa shape index (κ2) is 7.92. The Morgan fingerprint density at radius 3 is 2.55 bits per heavy atom. The fourth-order valence-electron chi connectivity index (χ4n) is 3.56. The van der Waals surface area contributed by atoms with Crippen LogP contribution in [0.25, 0.3) is 16.9 Å². The quantitative estimate of drug-likeness (QED) is 0.495. The first-order valence-electron chi connectivity index (χ1n) is 9.92. The van der Waals surface area contributed by atoms with E-state index in [2.05, 4.69) is 53.9 Å². The maximum absolute atomic E-state index is 12.7. The van der Waals surface area contributed by atoms with Gasteiger partial charge in [-0.15, -0.1) is 0 Å².